The molecule has 3 heteroatoms. The molecule has 2 nitrogen and oxygen atoms in total. The van der Waals surface area contributed by atoms with Crippen molar-refractivity contribution in [1.82, 2.24) is 0 Å². The second kappa shape index (κ2) is 3.32. The van der Waals surface area contributed by atoms with E-state index in [0.29, 0.717) is 0 Å². The van der Waals surface area contributed by atoms with Crippen molar-refractivity contribution >= 4 is 0 Å². The van der Waals surface area contributed by atoms with E-state index in [9.17, 15) is 4.39 Å². The van der Waals surface area contributed by atoms with Crippen LogP contribution in [0.5, 0.6) is 0 Å². The van der Waals surface area contributed by atoms with Gasteiger partial charge in [0, 0.05) is 5.56 Å². The summed E-state index contributed by atoms with van der Waals surface area (Å²) in [5.41, 5.74) is 3.97. The zero-order valence-electron chi connectivity index (χ0n) is 8.56. The molecule has 0 aliphatic rings. The van der Waals surface area contributed by atoms with Gasteiger partial charge in [-0.3, -0.25) is 0 Å². The molecule has 0 amide bonds. The molecule has 1 heterocycles. The highest BCUT2D eigenvalue weighted by Gasteiger charge is 2.15. The Morgan fingerprint density at radius 2 is 1.92 bits per heavy atom. The van der Waals surface area contributed by atoms with E-state index in [1.165, 1.54) is 12.3 Å². The van der Waals surface area contributed by atoms with Crippen molar-refractivity contribution in [1.29, 1.82) is 0 Å². The maximum absolute atomic E-state index is 12.9. The fourth-order valence-electron chi connectivity index (χ4n) is 1.13. The zero-order chi connectivity index (χ0) is 10.1. The van der Waals surface area contributed by atoms with Crippen LogP contribution in [0.3, 0.4) is 0 Å². The number of nitrogens with one attached hydrogen (secondary N) is 1. The van der Waals surface area contributed by atoms with Crippen molar-refractivity contribution < 1.29 is 9.07 Å². The fraction of sp³-hybridized carbons (Fsp3) is 0.500. The highest BCUT2D eigenvalue weighted by molar-refractivity contribution is 5.03. The van der Waals surface area contributed by atoms with Crippen LogP contribution in [0.15, 0.2) is 18.5 Å². The molecule has 0 bridgehead atoms. The number of hydrogen-bond acceptors (Lipinski definition) is 1. The van der Waals surface area contributed by atoms with Gasteiger partial charge < -0.3 is 0 Å². The topological polar surface area (TPSA) is 15.9 Å². The summed E-state index contributed by atoms with van der Waals surface area (Å²) in [7, 11) is 0. The van der Waals surface area contributed by atoms with Gasteiger partial charge >= 0.3 is 0 Å². The lowest BCUT2D eigenvalue weighted by Gasteiger charge is -2.15. The molecule has 0 aromatic carbocycles. The third kappa shape index (κ3) is 3.40. The SMILES string of the molecule is Cc1cc(F)c[n+](NC(C)(C)C)c1. The van der Waals surface area contributed by atoms with Crippen LogP contribution in [0.2, 0.25) is 0 Å². The Bertz CT molecular complexity index is 282. The van der Waals surface area contributed by atoms with Crippen molar-refractivity contribution in [3.63, 3.8) is 0 Å². The lowest BCUT2D eigenvalue weighted by molar-refractivity contribution is -0.658. The molecule has 1 rings (SSSR count). The Morgan fingerprint density at radius 1 is 1.31 bits per heavy atom. The standard InChI is InChI=1S/C10H16FN2/c1-8-5-9(11)7-13(6-8)12-10(2,3)4/h5-7,12H,1-4H3/q+1. The van der Waals surface area contributed by atoms with E-state index >= 15 is 0 Å². The minimum absolute atomic E-state index is 0.0646. The monoisotopic (exact) mass is 183 g/mol. The number of halogens is 1. The molecule has 0 unspecified atom stereocenters. The summed E-state index contributed by atoms with van der Waals surface area (Å²) in [6, 6.07) is 1.50. The van der Waals surface area contributed by atoms with Gasteiger partial charge in [-0.15, -0.1) is 0 Å². The van der Waals surface area contributed by atoms with E-state index in [0.717, 1.165) is 5.56 Å². The summed E-state index contributed by atoms with van der Waals surface area (Å²) in [5, 5.41) is 0. The first-order valence-electron chi connectivity index (χ1n) is 4.33. The average molecular weight is 183 g/mol. The van der Waals surface area contributed by atoms with Gasteiger partial charge in [0.15, 0.2) is 5.82 Å². The van der Waals surface area contributed by atoms with Crippen LogP contribution < -0.4 is 10.1 Å². The summed E-state index contributed by atoms with van der Waals surface area (Å²) in [5.74, 6) is -0.225. The first-order valence-corrected chi connectivity index (χ1v) is 4.33. The fourth-order valence-corrected chi connectivity index (χ4v) is 1.13. The van der Waals surface area contributed by atoms with Crippen molar-refractivity contribution in [2.24, 2.45) is 0 Å². The normalized spacial score (nSPS) is 11.5. The van der Waals surface area contributed by atoms with E-state index in [4.69, 9.17) is 0 Å². The number of aryl methyl sites for hydroxylation is 1. The molecule has 0 saturated heterocycles. The summed E-state index contributed by atoms with van der Waals surface area (Å²) < 4.78 is 14.6. The quantitative estimate of drug-likeness (QED) is 0.656. The molecule has 0 saturated carbocycles. The van der Waals surface area contributed by atoms with Gasteiger partial charge in [-0.25, -0.2) is 4.39 Å². The van der Waals surface area contributed by atoms with Gasteiger partial charge in [0.25, 0.3) is 0 Å². The molecule has 13 heavy (non-hydrogen) atoms. The van der Waals surface area contributed by atoms with Crippen LogP contribution in [0.25, 0.3) is 0 Å². The summed E-state index contributed by atoms with van der Waals surface area (Å²) in [6.45, 7) is 7.95. The van der Waals surface area contributed by atoms with Crippen molar-refractivity contribution in [3.05, 3.63) is 29.8 Å². The predicted molar refractivity (Wildman–Crippen MR) is 50.4 cm³/mol. The summed E-state index contributed by atoms with van der Waals surface area (Å²) >= 11 is 0. The minimum Gasteiger partial charge on any atom is -0.200 e. The van der Waals surface area contributed by atoms with Crippen molar-refractivity contribution in [2.75, 3.05) is 5.43 Å². The number of pyridine rings is 1. The first kappa shape index (κ1) is 9.96. The summed E-state index contributed by atoms with van der Waals surface area (Å²) in [4.78, 5) is 0. The molecular weight excluding hydrogens is 167 g/mol. The third-order valence-corrected chi connectivity index (χ3v) is 1.44. The first-order chi connectivity index (χ1) is 5.87. The van der Waals surface area contributed by atoms with Crippen LogP contribution in [-0.4, -0.2) is 5.54 Å². The van der Waals surface area contributed by atoms with Gasteiger partial charge in [-0.2, -0.15) is 5.43 Å². The third-order valence-electron chi connectivity index (χ3n) is 1.44. The van der Waals surface area contributed by atoms with E-state index in [-0.39, 0.29) is 11.4 Å². The molecule has 0 radical (unpaired) electrons. The zero-order valence-corrected chi connectivity index (χ0v) is 8.56. The maximum atomic E-state index is 12.9. The van der Waals surface area contributed by atoms with Gasteiger partial charge in [0.05, 0.1) is 5.54 Å². The Morgan fingerprint density at radius 3 is 2.38 bits per heavy atom. The molecule has 0 fully saturated rings. The van der Waals surface area contributed by atoms with E-state index in [1.807, 2.05) is 33.9 Å². The highest BCUT2D eigenvalue weighted by atomic mass is 19.1. The second-order valence-electron chi connectivity index (χ2n) is 4.30. The molecular formula is C10H16FN2+. The van der Waals surface area contributed by atoms with Crippen LogP contribution in [-0.2, 0) is 0 Å². The van der Waals surface area contributed by atoms with E-state index < -0.39 is 0 Å². The lowest BCUT2D eigenvalue weighted by atomic mass is 10.1. The van der Waals surface area contributed by atoms with Crippen molar-refractivity contribution in [2.45, 2.75) is 33.2 Å². The number of hydrogen-bond donors (Lipinski definition) is 1. The maximum Gasteiger partial charge on any atom is 0.234 e. The predicted octanol–water partition coefficient (Wildman–Crippen LogP) is 1.76. The van der Waals surface area contributed by atoms with Crippen LogP contribution in [0.4, 0.5) is 4.39 Å². The Kier molecular flexibility index (Phi) is 2.55. The summed E-state index contributed by atoms with van der Waals surface area (Å²) in [6.07, 6.45) is 3.28. The Hall–Kier alpha value is -1.12. The number of aromatic nitrogens is 1. The number of nitrogens with zero attached hydrogens (tertiary/aromatic N) is 1. The molecule has 72 valence electrons. The highest BCUT2D eigenvalue weighted by Crippen LogP contribution is 2.00. The van der Waals surface area contributed by atoms with Crippen LogP contribution in [0.1, 0.15) is 26.3 Å². The molecule has 1 aromatic rings. The smallest absolute Gasteiger partial charge is 0.200 e. The van der Waals surface area contributed by atoms with Crippen molar-refractivity contribution in [3.8, 4) is 0 Å². The van der Waals surface area contributed by atoms with Crippen LogP contribution >= 0.6 is 0 Å². The Labute approximate surface area is 78.4 Å². The van der Waals surface area contributed by atoms with Gasteiger partial charge in [-0.1, -0.05) is 4.68 Å². The lowest BCUT2D eigenvalue weighted by Crippen LogP contribution is -2.53. The second-order valence-corrected chi connectivity index (χ2v) is 4.30. The van der Waals surface area contributed by atoms with E-state index in [2.05, 4.69) is 5.43 Å². The molecule has 1 N–H and O–H groups in total. The average Bonchev–Trinajstić information content (AvgIpc) is 1.78. The molecule has 0 spiro atoms. The Balaban J connectivity index is 2.90. The largest absolute Gasteiger partial charge is 0.234 e. The van der Waals surface area contributed by atoms with Gasteiger partial charge in [0.2, 0.25) is 12.4 Å². The van der Waals surface area contributed by atoms with Gasteiger partial charge in [0.1, 0.15) is 0 Å². The molecule has 1 aromatic heterocycles. The molecule has 0 aliphatic carbocycles. The molecule has 0 aliphatic heterocycles. The molecule has 0 atom stereocenters. The van der Waals surface area contributed by atoms with Gasteiger partial charge in [-0.05, 0) is 33.8 Å². The minimum atomic E-state index is -0.225. The van der Waals surface area contributed by atoms with E-state index in [1.54, 1.807) is 4.68 Å². The number of rotatable bonds is 1. The van der Waals surface area contributed by atoms with Crippen LogP contribution in [0, 0.1) is 12.7 Å².